The quantitative estimate of drug-likeness (QED) is 0.378. The fourth-order valence-corrected chi connectivity index (χ4v) is 3.66. The minimum Gasteiger partial charge on any atom is -0.454 e. The van der Waals surface area contributed by atoms with E-state index in [1.807, 2.05) is 60.7 Å². The molecule has 0 aromatic heterocycles. The zero-order valence-electron chi connectivity index (χ0n) is 16.6. The minimum atomic E-state index is -0.604. The molecule has 0 N–H and O–H groups in total. The lowest BCUT2D eigenvalue weighted by Gasteiger charge is -2.19. The molecular weight excluding hydrogens is 378 g/mol. The Bertz CT molecular complexity index is 1210. The molecule has 1 heterocycles. The second-order valence-corrected chi connectivity index (χ2v) is 6.98. The Labute approximate surface area is 174 Å². The van der Waals surface area contributed by atoms with E-state index in [0.717, 1.165) is 22.1 Å². The summed E-state index contributed by atoms with van der Waals surface area (Å²) < 4.78 is 5.22. The molecule has 30 heavy (non-hydrogen) atoms. The van der Waals surface area contributed by atoms with E-state index < -0.39 is 18.4 Å². The molecule has 0 bridgehead atoms. The molecule has 3 aromatic carbocycles. The summed E-state index contributed by atoms with van der Waals surface area (Å²) in [5.41, 5.74) is 2.09. The van der Waals surface area contributed by atoms with Crippen LogP contribution in [0.5, 0.6) is 0 Å². The number of hydrogen-bond acceptors (Lipinski definition) is 6. The van der Waals surface area contributed by atoms with Crippen LogP contribution in [0.15, 0.2) is 78.1 Å². The van der Waals surface area contributed by atoms with Crippen LogP contribution in [0.3, 0.4) is 0 Å². The minimum absolute atomic E-state index is 0.0532. The Kier molecular flexibility index (Phi) is 4.95. The molecule has 148 valence electrons. The molecule has 0 fully saturated rings. The molecule has 3 aromatic rings. The first kappa shape index (κ1) is 19.2. The smallest absolute Gasteiger partial charge is 0.338 e. The summed E-state index contributed by atoms with van der Waals surface area (Å²) in [4.78, 5) is 28.8. The largest absolute Gasteiger partial charge is 0.454 e. The lowest BCUT2D eigenvalue weighted by molar-refractivity contribution is -0.118. The molecular formula is C24H19N3O3. The van der Waals surface area contributed by atoms with E-state index in [-0.39, 0.29) is 5.57 Å². The van der Waals surface area contributed by atoms with Crippen LogP contribution in [-0.4, -0.2) is 32.5 Å². The van der Waals surface area contributed by atoms with Crippen LogP contribution in [0.1, 0.15) is 10.4 Å². The van der Waals surface area contributed by atoms with Crippen LogP contribution in [-0.2, 0) is 9.53 Å². The molecule has 0 aliphatic carbocycles. The number of hydrogen-bond donors (Lipinski definition) is 0. The predicted molar refractivity (Wildman–Crippen MR) is 115 cm³/mol. The standard InChI is InChI=1S/C24H19N3O3/c1-26-20-9-5-6-10-21(20)27(2)23(26)19(14-25)22(28)15-30-24(29)18-12-11-16-7-3-4-8-17(16)13-18/h3-13H,15H2,1-2H3. The Morgan fingerprint density at radius 3 is 2.13 bits per heavy atom. The maximum absolute atomic E-state index is 12.7. The summed E-state index contributed by atoms with van der Waals surface area (Å²) in [5.74, 6) is -0.689. The normalized spacial score (nSPS) is 12.5. The summed E-state index contributed by atoms with van der Waals surface area (Å²) in [6.07, 6.45) is 0. The molecule has 0 amide bonds. The number of Topliss-reactive ketones (excluding diaryl/α,β-unsaturated/α-hetero) is 1. The van der Waals surface area contributed by atoms with Gasteiger partial charge in [0.2, 0.25) is 5.78 Å². The average Bonchev–Trinajstić information content (AvgIpc) is 3.03. The van der Waals surface area contributed by atoms with E-state index in [2.05, 4.69) is 0 Å². The number of fused-ring (bicyclic) bond motifs is 2. The Hall–Kier alpha value is -4.11. The Morgan fingerprint density at radius 1 is 0.900 bits per heavy atom. The predicted octanol–water partition coefficient (Wildman–Crippen LogP) is 3.89. The Balaban J connectivity index is 1.53. The van der Waals surface area contributed by atoms with E-state index in [1.54, 1.807) is 36.0 Å². The van der Waals surface area contributed by atoms with Crippen molar-refractivity contribution in [2.24, 2.45) is 0 Å². The number of ketones is 1. The number of benzene rings is 3. The summed E-state index contributed by atoms with van der Waals surface area (Å²) in [6, 6.07) is 22.5. The average molecular weight is 397 g/mol. The summed E-state index contributed by atoms with van der Waals surface area (Å²) in [5, 5.41) is 11.6. The highest BCUT2D eigenvalue weighted by atomic mass is 16.5. The fraction of sp³-hybridized carbons (Fsp3) is 0.125. The number of para-hydroxylation sites is 2. The van der Waals surface area contributed by atoms with Crippen LogP contribution in [0, 0.1) is 11.3 Å². The Morgan fingerprint density at radius 2 is 1.50 bits per heavy atom. The van der Waals surface area contributed by atoms with E-state index in [9.17, 15) is 14.9 Å². The van der Waals surface area contributed by atoms with Gasteiger partial charge in [0.15, 0.2) is 6.61 Å². The van der Waals surface area contributed by atoms with Gasteiger partial charge in [0, 0.05) is 14.1 Å². The van der Waals surface area contributed by atoms with E-state index in [1.165, 1.54) is 0 Å². The van der Waals surface area contributed by atoms with Crippen molar-refractivity contribution in [3.8, 4) is 6.07 Å². The maximum atomic E-state index is 12.7. The van der Waals surface area contributed by atoms with Crippen molar-refractivity contribution < 1.29 is 14.3 Å². The van der Waals surface area contributed by atoms with Crippen molar-refractivity contribution in [1.82, 2.24) is 0 Å². The third-order valence-corrected chi connectivity index (χ3v) is 5.17. The zero-order chi connectivity index (χ0) is 21.3. The van der Waals surface area contributed by atoms with Crippen molar-refractivity contribution in [1.29, 1.82) is 5.26 Å². The van der Waals surface area contributed by atoms with Crippen molar-refractivity contribution in [2.75, 3.05) is 30.5 Å². The van der Waals surface area contributed by atoms with Crippen molar-refractivity contribution in [3.63, 3.8) is 0 Å². The molecule has 6 heteroatoms. The van der Waals surface area contributed by atoms with E-state index >= 15 is 0 Å². The lowest BCUT2D eigenvalue weighted by atomic mass is 10.1. The summed E-state index contributed by atoms with van der Waals surface area (Å²) in [7, 11) is 3.59. The highest BCUT2D eigenvalue weighted by molar-refractivity contribution is 6.04. The van der Waals surface area contributed by atoms with Gasteiger partial charge in [-0.05, 0) is 35.0 Å². The monoisotopic (exact) mass is 397 g/mol. The molecule has 1 aliphatic rings. The number of nitriles is 1. The second-order valence-electron chi connectivity index (χ2n) is 6.98. The third kappa shape index (κ3) is 3.27. The summed E-state index contributed by atoms with van der Waals surface area (Å²) >= 11 is 0. The lowest BCUT2D eigenvalue weighted by Crippen LogP contribution is -2.27. The molecule has 6 nitrogen and oxygen atoms in total. The van der Waals surface area contributed by atoms with Gasteiger partial charge in [0.05, 0.1) is 16.9 Å². The van der Waals surface area contributed by atoms with Gasteiger partial charge in [0.1, 0.15) is 17.5 Å². The van der Waals surface area contributed by atoms with Crippen molar-refractivity contribution in [3.05, 3.63) is 83.7 Å². The number of nitrogens with zero attached hydrogens (tertiary/aromatic N) is 3. The first-order chi connectivity index (χ1) is 14.5. The van der Waals surface area contributed by atoms with Gasteiger partial charge in [-0.3, -0.25) is 4.79 Å². The summed E-state index contributed by atoms with van der Waals surface area (Å²) in [6.45, 7) is -0.504. The fourth-order valence-electron chi connectivity index (χ4n) is 3.66. The third-order valence-electron chi connectivity index (χ3n) is 5.17. The number of rotatable bonds is 4. The topological polar surface area (TPSA) is 73.6 Å². The molecule has 0 saturated heterocycles. The highest BCUT2D eigenvalue weighted by Gasteiger charge is 2.31. The van der Waals surface area contributed by atoms with Gasteiger partial charge in [-0.15, -0.1) is 0 Å². The SMILES string of the molecule is CN1C(=C(C#N)C(=O)COC(=O)c2ccc3ccccc3c2)N(C)c2ccccc21. The molecule has 1 aliphatic heterocycles. The van der Waals surface area contributed by atoms with Gasteiger partial charge >= 0.3 is 5.97 Å². The maximum Gasteiger partial charge on any atom is 0.338 e. The molecule has 0 spiro atoms. The van der Waals surface area contributed by atoms with Crippen LogP contribution in [0.25, 0.3) is 10.8 Å². The zero-order valence-corrected chi connectivity index (χ0v) is 16.6. The van der Waals surface area contributed by atoms with Gasteiger partial charge in [-0.2, -0.15) is 5.26 Å². The van der Waals surface area contributed by atoms with Gasteiger partial charge in [-0.1, -0.05) is 42.5 Å². The first-order valence-corrected chi connectivity index (χ1v) is 9.41. The number of ether oxygens (including phenoxy) is 1. The van der Waals surface area contributed by atoms with Gasteiger partial charge in [-0.25, -0.2) is 4.79 Å². The molecule has 0 saturated carbocycles. The van der Waals surface area contributed by atoms with Gasteiger partial charge in [0.25, 0.3) is 0 Å². The van der Waals surface area contributed by atoms with Crippen LogP contribution in [0.4, 0.5) is 11.4 Å². The molecule has 0 radical (unpaired) electrons. The molecule has 4 rings (SSSR count). The van der Waals surface area contributed by atoms with Crippen molar-refractivity contribution in [2.45, 2.75) is 0 Å². The van der Waals surface area contributed by atoms with Gasteiger partial charge < -0.3 is 14.5 Å². The number of esters is 1. The van der Waals surface area contributed by atoms with E-state index in [0.29, 0.717) is 11.4 Å². The van der Waals surface area contributed by atoms with E-state index in [4.69, 9.17) is 4.74 Å². The number of carbonyl (C=O) groups excluding carboxylic acids is 2. The molecule has 0 atom stereocenters. The van der Waals surface area contributed by atoms with Crippen LogP contribution in [0.2, 0.25) is 0 Å². The van der Waals surface area contributed by atoms with Crippen molar-refractivity contribution >= 4 is 33.9 Å². The van der Waals surface area contributed by atoms with Crippen LogP contribution >= 0.6 is 0 Å². The number of anilines is 2. The number of carbonyl (C=O) groups is 2. The molecule has 0 unspecified atom stereocenters. The van der Waals surface area contributed by atoms with Crippen LogP contribution < -0.4 is 9.80 Å². The first-order valence-electron chi connectivity index (χ1n) is 9.41. The highest BCUT2D eigenvalue weighted by Crippen LogP contribution is 2.40. The second kappa shape index (κ2) is 7.72.